The van der Waals surface area contributed by atoms with E-state index in [0.29, 0.717) is 23.5 Å². The van der Waals surface area contributed by atoms with E-state index in [2.05, 4.69) is 5.32 Å². The molecule has 0 spiro atoms. The van der Waals surface area contributed by atoms with Gasteiger partial charge in [0.1, 0.15) is 12.3 Å². The molecule has 1 heterocycles. The minimum atomic E-state index is -0.312. The van der Waals surface area contributed by atoms with Crippen LogP contribution in [0.5, 0.6) is 5.75 Å². The van der Waals surface area contributed by atoms with Gasteiger partial charge in [-0.3, -0.25) is 19.3 Å². The summed E-state index contributed by atoms with van der Waals surface area (Å²) in [5, 5.41) is 2.65. The summed E-state index contributed by atoms with van der Waals surface area (Å²) in [6.45, 7) is 2.08. The van der Waals surface area contributed by atoms with E-state index >= 15 is 0 Å². The molecule has 7 heteroatoms. The van der Waals surface area contributed by atoms with Crippen molar-refractivity contribution in [1.82, 2.24) is 10.2 Å². The van der Waals surface area contributed by atoms with E-state index in [1.165, 1.54) is 9.80 Å². The van der Waals surface area contributed by atoms with Gasteiger partial charge in [-0.15, -0.1) is 0 Å². The Morgan fingerprint density at radius 3 is 2.73 bits per heavy atom. The molecule has 3 amide bonds. The fourth-order valence-electron chi connectivity index (χ4n) is 2.16. The van der Waals surface area contributed by atoms with Crippen molar-refractivity contribution in [3.8, 4) is 5.75 Å². The van der Waals surface area contributed by atoms with Crippen LogP contribution >= 0.6 is 0 Å². The molecule has 1 aromatic rings. The van der Waals surface area contributed by atoms with Gasteiger partial charge in [0.2, 0.25) is 5.91 Å². The molecule has 0 aliphatic carbocycles. The zero-order valence-corrected chi connectivity index (χ0v) is 12.9. The molecule has 0 atom stereocenters. The molecular weight excluding hydrogens is 286 g/mol. The lowest BCUT2D eigenvalue weighted by Crippen LogP contribution is -2.45. The van der Waals surface area contributed by atoms with Gasteiger partial charge in [-0.25, -0.2) is 0 Å². The molecule has 22 heavy (non-hydrogen) atoms. The minimum Gasteiger partial charge on any atom is -0.482 e. The first kappa shape index (κ1) is 15.8. The smallest absolute Gasteiger partial charge is 0.265 e. The van der Waals surface area contributed by atoms with Gasteiger partial charge in [0.05, 0.1) is 5.69 Å². The summed E-state index contributed by atoms with van der Waals surface area (Å²) in [4.78, 5) is 38.6. The van der Waals surface area contributed by atoms with Gasteiger partial charge in [0.15, 0.2) is 6.61 Å². The fourth-order valence-corrected chi connectivity index (χ4v) is 2.16. The van der Waals surface area contributed by atoms with Crippen molar-refractivity contribution in [2.45, 2.75) is 6.92 Å². The van der Waals surface area contributed by atoms with Crippen LogP contribution in [0.25, 0.3) is 0 Å². The number of hydrogen-bond acceptors (Lipinski definition) is 4. The second-order valence-corrected chi connectivity index (χ2v) is 5.10. The minimum absolute atomic E-state index is 0.0946. The summed E-state index contributed by atoms with van der Waals surface area (Å²) in [6.07, 6.45) is 0. The number of carbonyl (C=O) groups is 3. The number of nitrogens with zero attached hydrogens (tertiary/aromatic N) is 2. The molecule has 1 N–H and O–H groups in total. The predicted molar refractivity (Wildman–Crippen MR) is 81.0 cm³/mol. The average molecular weight is 305 g/mol. The molecule has 118 valence electrons. The third kappa shape index (κ3) is 3.19. The highest BCUT2D eigenvalue weighted by Crippen LogP contribution is 2.33. The zero-order chi connectivity index (χ0) is 16.3. The zero-order valence-electron chi connectivity index (χ0n) is 12.9. The first-order valence-corrected chi connectivity index (χ1v) is 6.99. The highest BCUT2D eigenvalue weighted by Gasteiger charge is 2.28. The standard InChI is InChI=1S/C15H19N3O4/c1-4-16-13(19)8-18-11-7-10(15(21)17(2)3)5-6-12(11)22-9-14(18)20/h5-7H,4,8-9H2,1-3H3,(H,16,19). The van der Waals surface area contributed by atoms with E-state index in [9.17, 15) is 14.4 Å². The molecule has 1 aliphatic heterocycles. The van der Waals surface area contributed by atoms with Crippen LogP contribution in [0.1, 0.15) is 17.3 Å². The Hall–Kier alpha value is -2.57. The summed E-state index contributed by atoms with van der Waals surface area (Å²) < 4.78 is 5.35. The van der Waals surface area contributed by atoms with E-state index in [1.54, 1.807) is 39.2 Å². The second kappa shape index (κ2) is 6.46. The highest BCUT2D eigenvalue weighted by molar-refractivity contribution is 6.04. The molecule has 0 bridgehead atoms. The van der Waals surface area contributed by atoms with E-state index < -0.39 is 0 Å². The van der Waals surface area contributed by atoms with Gasteiger partial charge in [0.25, 0.3) is 11.8 Å². The summed E-state index contributed by atoms with van der Waals surface area (Å²) in [5.41, 5.74) is 0.873. The van der Waals surface area contributed by atoms with Gasteiger partial charge >= 0.3 is 0 Å². The Labute approximate surface area is 128 Å². The lowest BCUT2D eigenvalue weighted by atomic mass is 10.1. The second-order valence-electron chi connectivity index (χ2n) is 5.10. The average Bonchev–Trinajstić information content (AvgIpc) is 2.49. The van der Waals surface area contributed by atoms with Gasteiger partial charge in [-0.1, -0.05) is 0 Å². The largest absolute Gasteiger partial charge is 0.482 e. The van der Waals surface area contributed by atoms with Crippen LogP contribution in [0.15, 0.2) is 18.2 Å². The number of likely N-dealkylation sites (N-methyl/N-ethyl adjacent to an activating group) is 1. The number of carbonyl (C=O) groups excluding carboxylic acids is 3. The quantitative estimate of drug-likeness (QED) is 0.865. The Balaban J connectivity index is 2.34. The summed E-state index contributed by atoms with van der Waals surface area (Å²) in [6, 6.07) is 4.86. The van der Waals surface area contributed by atoms with Gasteiger partial charge < -0.3 is 15.0 Å². The summed E-state index contributed by atoms with van der Waals surface area (Å²) in [7, 11) is 3.30. The number of rotatable bonds is 4. The topological polar surface area (TPSA) is 79.0 Å². The molecule has 0 fully saturated rings. The van der Waals surface area contributed by atoms with Crippen molar-refractivity contribution in [3.05, 3.63) is 23.8 Å². The molecule has 2 rings (SSSR count). The summed E-state index contributed by atoms with van der Waals surface area (Å²) >= 11 is 0. The fraction of sp³-hybridized carbons (Fsp3) is 0.400. The van der Waals surface area contributed by atoms with Crippen LogP contribution in [0.3, 0.4) is 0 Å². The van der Waals surface area contributed by atoms with Crippen molar-refractivity contribution in [2.24, 2.45) is 0 Å². The Morgan fingerprint density at radius 2 is 2.09 bits per heavy atom. The number of hydrogen-bond donors (Lipinski definition) is 1. The number of fused-ring (bicyclic) bond motifs is 1. The maximum Gasteiger partial charge on any atom is 0.265 e. The van der Waals surface area contributed by atoms with Gasteiger partial charge in [-0.05, 0) is 25.1 Å². The van der Waals surface area contributed by atoms with Crippen LogP contribution < -0.4 is 15.0 Å². The SMILES string of the molecule is CCNC(=O)CN1C(=O)COc2ccc(C(=O)N(C)C)cc21. The van der Waals surface area contributed by atoms with Crippen molar-refractivity contribution >= 4 is 23.4 Å². The number of amides is 3. The monoisotopic (exact) mass is 305 g/mol. The van der Waals surface area contributed by atoms with Crippen LogP contribution in [0.2, 0.25) is 0 Å². The van der Waals surface area contributed by atoms with E-state index in [0.717, 1.165) is 0 Å². The van der Waals surface area contributed by atoms with Crippen LogP contribution in [-0.4, -0.2) is 56.4 Å². The first-order chi connectivity index (χ1) is 10.4. The number of anilines is 1. The van der Waals surface area contributed by atoms with E-state index in [-0.39, 0.29) is 30.9 Å². The van der Waals surface area contributed by atoms with Crippen molar-refractivity contribution in [2.75, 3.05) is 38.7 Å². The molecule has 0 unspecified atom stereocenters. The Bertz CT molecular complexity index is 613. The molecule has 0 saturated heterocycles. The highest BCUT2D eigenvalue weighted by atomic mass is 16.5. The molecule has 7 nitrogen and oxygen atoms in total. The van der Waals surface area contributed by atoms with Crippen molar-refractivity contribution < 1.29 is 19.1 Å². The normalized spacial score (nSPS) is 13.2. The molecule has 1 aliphatic rings. The molecule has 0 saturated carbocycles. The number of nitrogens with one attached hydrogen (secondary N) is 1. The van der Waals surface area contributed by atoms with Crippen molar-refractivity contribution in [3.63, 3.8) is 0 Å². The lowest BCUT2D eigenvalue weighted by Gasteiger charge is -2.29. The molecule has 1 aromatic carbocycles. The first-order valence-electron chi connectivity index (χ1n) is 6.99. The third-order valence-corrected chi connectivity index (χ3v) is 3.23. The van der Waals surface area contributed by atoms with Gasteiger partial charge in [0, 0.05) is 26.2 Å². The Morgan fingerprint density at radius 1 is 1.36 bits per heavy atom. The van der Waals surface area contributed by atoms with Crippen LogP contribution in [0.4, 0.5) is 5.69 Å². The van der Waals surface area contributed by atoms with E-state index in [4.69, 9.17) is 4.74 Å². The Kier molecular flexibility index (Phi) is 4.65. The predicted octanol–water partition coefficient (Wildman–Crippen LogP) is 0.250. The third-order valence-electron chi connectivity index (χ3n) is 3.23. The molecular formula is C15H19N3O4. The lowest BCUT2D eigenvalue weighted by molar-refractivity contribution is -0.125. The van der Waals surface area contributed by atoms with Gasteiger partial charge in [-0.2, -0.15) is 0 Å². The number of benzene rings is 1. The van der Waals surface area contributed by atoms with Crippen LogP contribution in [-0.2, 0) is 9.59 Å². The maximum atomic E-state index is 12.0. The van der Waals surface area contributed by atoms with E-state index in [1.807, 2.05) is 0 Å². The summed E-state index contributed by atoms with van der Waals surface area (Å²) in [5.74, 6) is -0.265. The van der Waals surface area contributed by atoms with Crippen molar-refractivity contribution in [1.29, 1.82) is 0 Å². The number of ether oxygens (including phenoxy) is 1. The molecule has 0 aromatic heterocycles. The molecule has 0 radical (unpaired) electrons. The maximum absolute atomic E-state index is 12.0. The van der Waals surface area contributed by atoms with Crippen LogP contribution in [0, 0.1) is 0 Å².